The van der Waals surface area contributed by atoms with Gasteiger partial charge >= 0.3 is 0 Å². The summed E-state index contributed by atoms with van der Waals surface area (Å²) in [7, 11) is 0. The molecule has 0 spiro atoms. The average Bonchev–Trinajstić information content (AvgIpc) is 2.46. The van der Waals surface area contributed by atoms with E-state index in [-0.39, 0.29) is 5.38 Å². The Balaban J connectivity index is 2.07. The number of benzene rings is 2. The van der Waals surface area contributed by atoms with Crippen molar-refractivity contribution in [2.75, 3.05) is 13.2 Å². The Labute approximate surface area is 134 Å². The number of fused-ring (bicyclic) bond motifs is 1. The van der Waals surface area contributed by atoms with E-state index in [9.17, 15) is 0 Å². The lowest BCUT2D eigenvalue weighted by Gasteiger charge is -2.22. The van der Waals surface area contributed by atoms with Crippen LogP contribution in [-0.4, -0.2) is 13.2 Å². The Morgan fingerprint density at radius 3 is 2.19 bits per heavy atom. The van der Waals surface area contributed by atoms with Gasteiger partial charge in [0.15, 0.2) is 11.5 Å². The van der Waals surface area contributed by atoms with E-state index in [1.807, 2.05) is 12.1 Å². The Kier molecular flexibility index (Phi) is 4.01. The van der Waals surface area contributed by atoms with Crippen molar-refractivity contribution in [3.8, 4) is 11.5 Å². The molecule has 110 valence electrons. The molecule has 2 aromatic rings. The quantitative estimate of drug-likeness (QED) is 0.720. The zero-order valence-electron chi connectivity index (χ0n) is 12.0. The lowest BCUT2D eigenvalue weighted by molar-refractivity contribution is 0.171. The van der Waals surface area contributed by atoms with Crippen LogP contribution >= 0.6 is 23.2 Å². The van der Waals surface area contributed by atoms with Crippen LogP contribution in [0.5, 0.6) is 11.5 Å². The molecule has 0 N–H and O–H groups in total. The van der Waals surface area contributed by atoms with Crippen LogP contribution < -0.4 is 9.47 Å². The first kappa shape index (κ1) is 14.6. The number of rotatable bonds is 2. The van der Waals surface area contributed by atoms with Crippen molar-refractivity contribution in [3.05, 3.63) is 57.6 Å². The molecule has 1 aliphatic heterocycles. The number of ether oxygens (including phenoxy) is 2. The molecule has 0 bridgehead atoms. The highest BCUT2D eigenvalue weighted by atomic mass is 35.5. The van der Waals surface area contributed by atoms with E-state index in [0.717, 1.165) is 22.3 Å². The second-order valence-corrected chi connectivity index (χ2v) is 6.03. The van der Waals surface area contributed by atoms with Gasteiger partial charge in [0.2, 0.25) is 0 Å². The first-order chi connectivity index (χ1) is 10.1. The minimum absolute atomic E-state index is 0.311. The topological polar surface area (TPSA) is 18.5 Å². The predicted molar refractivity (Wildman–Crippen MR) is 86.1 cm³/mol. The Morgan fingerprint density at radius 2 is 1.57 bits per heavy atom. The Morgan fingerprint density at radius 1 is 1.00 bits per heavy atom. The van der Waals surface area contributed by atoms with Crippen molar-refractivity contribution in [3.63, 3.8) is 0 Å². The summed E-state index contributed by atoms with van der Waals surface area (Å²) in [5.41, 5.74) is 4.25. The smallest absolute Gasteiger partial charge is 0.162 e. The third-order valence-corrected chi connectivity index (χ3v) is 4.51. The lowest BCUT2D eigenvalue weighted by Crippen LogP contribution is -2.15. The summed E-state index contributed by atoms with van der Waals surface area (Å²) in [6, 6.07) is 9.82. The summed E-state index contributed by atoms with van der Waals surface area (Å²) in [4.78, 5) is 0. The number of hydrogen-bond acceptors (Lipinski definition) is 2. The van der Waals surface area contributed by atoms with Gasteiger partial charge in [0.05, 0.1) is 5.38 Å². The van der Waals surface area contributed by atoms with Crippen molar-refractivity contribution in [1.82, 2.24) is 0 Å². The van der Waals surface area contributed by atoms with Gasteiger partial charge in [-0.3, -0.25) is 0 Å². The van der Waals surface area contributed by atoms with Crippen molar-refractivity contribution in [2.45, 2.75) is 19.2 Å². The molecule has 2 nitrogen and oxygen atoms in total. The fraction of sp³-hybridized carbons (Fsp3) is 0.294. The first-order valence-corrected chi connectivity index (χ1v) is 7.68. The van der Waals surface area contributed by atoms with Crippen LogP contribution in [0.25, 0.3) is 0 Å². The number of alkyl halides is 1. The highest BCUT2D eigenvalue weighted by molar-refractivity contribution is 6.33. The number of hydrogen-bond donors (Lipinski definition) is 0. The molecule has 1 atom stereocenters. The molecule has 2 aromatic carbocycles. The molecule has 1 heterocycles. The molecule has 0 saturated carbocycles. The largest absolute Gasteiger partial charge is 0.486 e. The molecule has 0 amide bonds. The fourth-order valence-corrected chi connectivity index (χ4v) is 3.50. The minimum Gasteiger partial charge on any atom is -0.486 e. The van der Waals surface area contributed by atoms with Gasteiger partial charge in [0.1, 0.15) is 13.2 Å². The third kappa shape index (κ3) is 2.70. The van der Waals surface area contributed by atoms with Gasteiger partial charge in [-0.25, -0.2) is 0 Å². The molecule has 0 aromatic heterocycles. The van der Waals surface area contributed by atoms with Crippen LogP contribution in [0, 0.1) is 13.8 Å². The van der Waals surface area contributed by atoms with Crippen LogP contribution in [0.1, 0.15) is 27.6 Å². The summed E-state index contributed by atoms with van der Waals surface area (Å²) in [5.74, 6) is 1.39. The molecule has 21 heavy (non-hydrogen) atoms. The van der Waals surface area contributed by atoms with E-state index in [0.29, 0.717) is 29.7 Å². The zero-order valence-corrected chi connectivity index (χ0v) is 13.5. The van der Waals surface area contributed by atoms with Gasteiger partial charge in [0.25, 0.3) is 0 Å². The highest BCUT2D eigenvalue weighted by Gasteiger charge is 2.22. The molecule has 0 radical (unpaired) electrons. The molecule has 0 saturated heterocycles. The molecular weight excluding hydrogens is 307 g/mol. The van der Waals surface area contributed by atoms with Crippen LogP contribution in [0.15, 0.2) is 30.3 Å². The fourth-order valence-electron chi connectivity index (χ4n) is 2.66. The van der Waals surface area contributed by atoms with Crippen LogP contribution in [0.3, 0.4) is 0 Å². The maximum absolute atomic E-state index is 6.71. The van der Waals surface area contributed by atoms with Gasteiger partial charge in [0, 0.05) is 11.1 Å². The van der Waals surface area contributed by atoms with E-state index in [1.54, 1.807) is 6.07 Å². The molecular formula is C17H16Cl2O2. The van der Waals surface area contributed by atoms with Gasteiger partial charge in [-0.05, 0) is 42.2 Å². The predicted octanol–water partition coefficient (Wildman–Crippen LogP) is 5.06. The normalized spacial score (nSPS) is 14.9. The summed E-state index contributed by atoms with van der Waals surface area (Å²) in [5, 5.41) is 0.288. The van der Waals surface area contributed by atoms with Gasteiger partial charge in [-0.1, -0.05) is 29.8 Å². The lowest BCUT2D eigenvalue weighted by atomic mass is 9.95. The summed E-state index contributed by atoms with van der Waals surface area (Å²) in [6.45, 7) is 5.21. The minimum atomic E-state index is -0.311. The van der Waals surface area contributed by atoms with Gasteiger partial charge < -0.3 is 9.47 Å². The van der Waals surface area contributed by atoms with E-state index < -0.39 is 0 Å². The standard InChI is InChI=1S/C17H16Cl2O2/c1-10-4-3-5-11(2)16(10)17(19)12-8-14-15(9-13(12)18)21-7-6-20-14/h3-5,8-9,17H,6-7H2,1-2H3. The monoisotopic (exact) mass is 322 g/mol. The zero-order chi connectivity index (χ0) is 15.0. The number of aryl methyl sites for hydroxylation is 2. The number of halogens is 2. The van der Waals surface area contributed by atoms with Gasteiger partial charge in [-0.2, -0.15) is 0 Å². The third-order valence-electron chi connectivity index (χ3n) is 3.73. The van der Waals surface area contributed by atoms with Crippen LogP contribution in [0.4, 0.5) is 0 Å². The van der Waals surface area contributed by atoms with Crippen LogP contribution in [0.2, 0.25) is 5.02 Å². The molecule has 3 rings (SSSR count). The van der Waals surface area contributed by atoms with E-state index >= 15 is 0 Å². The molecule has 0 aliphatic carbocycles. The van der Waals surface area contributed by atoms with Crippen molar-refractivity contribution in [2.24, 2.45) is 0 Å². The second-order valence-electron chi connectivity index (χ2n) is 5.19. The summed E-state index contributed by atoms with van der Waals surface area (Å²) in [6.07, 6.45) is 0. The van der Waals surface area contributed by atoms with Crippen molar-refractivity contribution < 1.29 is 9.47 Å². The summed E-state index contributed by atoms with van der Waals surface area (Å²) < 4.78 is 11.2. The van der Waals surface area contributed by atoms with E-state index in [1.165, 1.54) is 0 Å². The Bertz CT molecular complexity index is 662. The van der Waals surface area contributed by atoms with Gasteiger partial charge in [-0.15, -0.1) is 11.6 Å². The van der Waals surface area contributed by atoms with E-state index in [2.05, 4.69) is 26.0 Å². The second kappa shape index (κ2) is 5.78. The van der Waals surface area contributed by atoms with Crippen molar-refractivity contribution in [1.29, 1.82) is 0 Å². The molecule has 0 fully saturated rings. The maximum Gasteiger partial charge on any atom is 0.162 e. The first-order valence-electron chi connectivity index (χ1n) is 6.87. The maximum atomic E-state index is 6.71. The Hall–Kier alpha value is -1.38. The van der Waals surface area contributed by atoms with Crippen molar-refractivity contribution >= 4 is 23.2 Å². The van der Waals surface area contributed by atoms with E-state index in [4.69, 9.17) is 32.7 Å². The average molecular weight is 323 g/mol. The SMILES string of the molecule is Cc1cccc(C)c1C(Cl)c1cc2c(cc1Cl)OCCO2. The molecule has 1 unspecified atom stereocenters. The molecule has 1 aliphatic rings. The molecule has 4 heteroatoms. The summed E-state index contributed by atoms with van der Waals surface area (Å²) >= 11 is 13.1. The highest BCUT2D eigenvalue weighted by Crippen LogP contribution is 2.42. The van der Waals surface area contributed by atoms with Crippen LogP contribution in [-0.2, 0) is 0 Å².